The molecule has 0 bridgehead atoms. The summed E-state index contributed by atoms with van der Waals surface area (Å²) in [5, 5.41) is 4.87. The van der Waals surface area contributed by atoms with Crippen LogP contribution in [0.15, 0.2) is 24.3 Å². The molecular weight excluding hydrogens is 310 g/mol. The Bertz CT molecular complexity index is 754. The molecule has 1 saturated heterocycles. The van der Waals surface area contributed by atoms with Gasteiger partial charge in [0.25, 0.3) is 5.91 Å². The normalized spacial score (nSPS) is 16.9. The lowest BCUT2D eigenvalue weighted by Gasteiger charge is -2.16. The summed E-state index contributed by atoms with van der Waals surface area (Å²) in [6, 6.07) is 8.14. The van der Waals surface area contributed by atoms with Crippen LogP contribution >= 0.6 is 0 Å². The van der Waals surface area contributed by atoms with E-state index in [9.17, 15) is 4.79 Å². The van der Waals surface area contributed by atoms with Crippen LogP contribution in [-0.2, 0) is 25.8 Å². The van der Waals surface area contributed by atoms with Gasteiger partial charge < -0.3 is 4.90 Å². The lowest BCUT2D eigenvalue weighted by Crippen LogP contribution is -2.27. The number of benzene rings is 1. The maximum Gasteiger partial charge on any atom is 0.253 e. The maximum absolute atomic E-state index is 12.5. The van der Waals surface area contributed by atoms with E-state index in [1.54, 1.807) is 0 Å². The zero-order valence-electron chi connectivity index (χ0n) is 15.1. The largest absolute Gasteiger partial charge is 0.339 e. The molecule has 1 aliphatic carbocycles. The third-order valence-electron chi connectivity index (χ3n) is 5.60. The number of likely N-dealkylation sites (tertiary alicyclic amines) is 1. The standard InChI is InChI=1S/C21H27N3O/c1-2-19-18-7-3-4-8-20(18)24(22-19)15-16-9-11-17(12-10-16)21(25)23-13-5-6-14-23/h9-12H,2-8,13-15H2,1H3. The van der Waals surface area contributed by atoms with Crippen LogP contribution in [0.25, 0.3) is 0 Å². The summed E-state index contributed by atoms with van der Waals surface area (Å²) in [5.74, 6) is 0.175. The molecule has 0 radical (unpaired) electrons. The molecule has 1 aromatic heterocycles. The van der Waals surface area contributed by atoms with E-state index >= 15 is 0 Å². The molecule has 4 heteroatoms. The van der Waals surface area contributed by atoms with Gasteiger partial charge in [0.15, 0.2) is 0 Å². The van der Waals surface area contributed by atoms with Crippen LogP contribution in [0.4, 0.5) is 0 Å². The quantitative estimate of drug-likeness (QED) is 0.855. The topological polar surface area (TPSA) is 38.1 Å². The van der Waals surface area contributed by atoms with E-state index in [0.717, 1.165) is 50.9 Å². The molecule has 1 aliphatic heterocycles. The predicted molar refractivity (Wildman–Crippen MR) is 98.9 cm³/mol. The third-order valence-corrected chi connectivity index (χ3v) is 5.60. The Morgan fingerprint density at radius 3 is 2.48 bits per heavy atom. The molecule has 1 aromatic carbocycles. The Morgan fingerprint density at radius 2 is 1.76 bits per heavy atom. The Kier molecular flexibility index (Phi) is 4.60. The highest BCUT2D eigenvalue weighted by atomic mass is 16.2. The second kappa shape index (κ2) is 7.03. The van der Waals surface area contributed by atoms with Gasteiger partial charge in [-0.3, -0.25) is 9.48 Å². The number of amides is 1. The highest BCUT2D eigenvalue weighted by Crippen LogP contribution is 2.25. The fraction of sp³-hybridized carbons (Fsp3) is 0.524. The van der Waals surface area contributed by atoms with E-state index in [1.165, 1.54) is 41.8 Å². The number of rotatable bonds is 4. The van der Waals surface area contributed by atoms with E-state index in [-0.39, 0.29) is 5.91 Å². The van der Waals surface area contributed by atoms with Crippen molar-refractivity contribution in [3.05, 3.63) is 52.3 Å². The molecule has 0 N–H and O–H groups in total. The second-order valence-corrected chi connectivity index (χ2v) is 7.29. The first-order valence-electron chi connectivity index (χ1n) is 9.72. The molecule has 132 valence electrons. The summed E-state index contributed by atoms with van der Waals surface area (Å²) in [7, 11) is 0. The number of carbonyl (C=O) groups is 1. The van der Waals surface area contributed by atoms with Crippen molar-refractivity contribution in [3.63, 3.8) is 0 Å². The predicted octanol–water partition coefficient (Wildman–Crippen LogP) is 3.61. The summed E-state index contributed by atoms with van der Waals surface area (Å²) in [5.41, 5.74) is 6.23. The molecule has 25 heavy (non-hydrogen) atoms. The van der Waals surface area contributed by atoms with Crippen LogP contribution in [0.1, 0.15) is 65.5 Å². The molecule has 0 saturated carbocycles. The molecule has 2 aliphatic rings. The van der Waals surface area contributed by atoms with E-state index in [0.29, 0.717) is 0 Å². The van der Waals surface area contributed by atoms with Crippen LogP contribution < -0.4 is 0 Å². The highest BCUT2D eigenvalue weighted by Gasteiger charge is 2.21. The van der Waals surface area contributed by atoms with Crippen LogP contribution in [0, 0.1) is 0 Å². The molecule has 0 atom stereocenters. The SMILES string of the molecule is CCc1nn(Cc2ccc(C(=O)N3CCCC3)cc2)c2c1CCCC2. The van der Waals surface area contributed by atoms with Crippen molar-refractivity contribution in [3.8, 4) is 0 Å². The molecule has 4 nitrogen and oxygen atoms in total. The second-order valence-electron chi connectivity index (χ2n) is 7.29. The smallest absolute Gasteiger partial charge is 0.253 e. The van der Waals surface area contributed by atoms with Gasteiger partial charge >= 0.3 is 0 Å². The van der Waals surface area contributed by atoms with Crippen molar-refractivity contribution >= 4 is 5.91 Å². The lowest BCUT2D eigenvalue weighted by molar-refractivity contribution is 0.0793. The molecule has 0 unspecified atom stereocenters. The number of aromatic nitrogens is 2. The molecule has 4 rings (SSSR count). The van der Waals surface area contributed by atoms with Crippen molar-refractivity contribution in [1.82, 2.24) is 14.7 Å². The van der Waals surface area contributed by atoms with Gasteiger partial charge in [0.2, 0.25) is 0 Å². The third kappa shape index (κ3) is 3.22. The molecule has 1 fully saturated rings. The van der Waals surface area contributed by atoms with Crippen molar-refractivity contribution < 1.29 is 4.79 Å². The molecule has 0 spiro atoms. The number of fused-ring (bicyclic) bond motifs is 1. The number of aryl methyl sites for hydroxylation is 1. The monoisotopic (exact) mass is 337 g/mol. The average Bonchev–Trinajstić information content (AvgIpc) is 3.30. The van der Waals surface area contributed by atoms with Gasteiger partial charge in [-0.05, 0) is 68.2 Å². The molecular formula is C21H27N3O. The van der Waals surface area contributed by atoms with Crippen molar-refractivity contribution in [2.24, 2.45) is 0 Å². The van der Waals surface area contributed by atoms with Crippen LogP contribution in [0.2, 0.25) is 0 Å². The lowest BCUT2D eigenvalue weighted by atomic mass is 9.95. The molecule has 2 heterocycles. The summed E-state index contributed by atoms with van der Waals surface area (Å²) in [6.07, 6.45) is 8.17. The first-order valence-corrected chi connectivity index (χ1v) is 9.72. The number of carbonyl (C=O) groups excluding carboxylic acids is 1. The fourth-order valence-electron chi connectivity index (χ4n) is 4.19. The van der Waals surface area contributed by atoms with E-state index in [4.69, 9.17) is 5.10 Å². The Balaban J connectivity index is 1.52. The van der Waals surface area contributed by atoms with E-state index in [1.807, 2.05) is 17.0 Å². The van der Waals surface area contributed by atoms with Gasteiger partial charge in [0, 0.05) is 24.3 Å². The van der Waals surface area contributed by atoms with Crippen LogP contribution in [0.5, 0.6) is 0 Å². The van der Waals surface area contributed by atoms with Gasteiger partial charge in [-0.1, -0.05) is 19.1 Å². The minimum Gasteiger partial charge on any atom is -0.339 e. The summed E-state index contributed by atoms with van der Waals surface area (Å²) in [6.45, 7) is 4.81. The van der Waals surface area contributed by atoms with Crippen LogP contribution in [0.3, 0.4) is 0 Å². The van der Waals surface area contributed by atoms with Gasteiger partial charge in [0.1, 0.15) is 0 Å². The number of hydrogen-bond acceptors (Lipinski definition) is 2. The van der Waals surface area contributed by atoms with Gasteiger partial charge in [-0.2, -0.15) is 5.10 Å². The van der Waals surface area contributed by atoms with Crippen molar-refractivity contribution in [2.45, 2.75) is 58.4 Å². The first kappa shape index (κ1) is 16.4. The van der Waals surface area contributed by atoms with Gasteiger partial charge in [-0.15, -0.1) is 0 Å². The maximum atomic E-state index is 12.5. The number of hydrogen-bond donors (Lipinski definition) is 0. The highest BCUT2D eigenvalue weighted by molar-refractivity contribution is 5.94. The summed E-state index contributed by atoms with van der Waals surface area (Å²) >= 11 is 0. The van der Waals surface area contributed by atoms with Crippen molar-refractivity contribution in [2.75, 3.05) is 13.1 Å². The van der Waals surface area contributed by atoms with Crippen LogP contribution in [-0.4, -0.2) is 33.7 Å². The van der Waals surface area contributed by atoms with Gasteiger partial charge in [0.05, 0.1) is 12.2 Å². The Labute approximate surface area is 149 Å². The fourth-order valence-corrected chi connectivity index (χ4v) is 4.19. The minimum absolute atomic E-state index is 0.175. The van der Waals surface area contributed by atoms with Gasteiger partial charge in [-0.25, -0.2) is 0 Å². The van der Waals surface area contributed by atoms with E-state index < -0.39 is 0 Å². The first-order chi connectivity index (χ1) is 12.3. The Morgan fingerprint density at radius 1 is 1.04 bits per heavy atom. The average molecular weight is 337 g/mol. The molecule has 2 aromatic rings. The Hall–Kier alpha value is -2.10. The molecule has 1 amide bonds. The minimum atomic E-state index is 0.175. The summed E-state index contributed by atoms with van der Waals surface area (Å²) < 4.78 is 2.20. The van der Waals surface area contributed by atoms with Crippen molar-refractivity contribution in [1.29, 1.82) is 0 Å². The number of nitrogens with zero attached hydrogens (tertiary/aromatic N) is 3. The van der Waals surface area contributed by atoms with E-state index in [2.05, 4.69) is 23.7 Å². The zero-order valence-corrected chi connectivity index (χ0v) is 15.1. The summed E-state index contributed by atoms with van der Waals surface area (Å²) in [4.78, 5) is 14.4. The zero-order chi connectivity index (χ0) is 17.2.